The lowest BCUT2D eigenvalue weighted by Crippen LogP contribution is -2.08. The van der Waals surface area contributed by atoms with Gasteiger partial charge < -0.3 is 5.11 Å². The molecule has 0 spiro atoms. The highest BCUT2D eigenvalue weighted by atomic mass is 19.4. The van der Waals surface area contributed by atoms with E-state index in [1.54, 1.807) is 0 Å². The minimum absolute atomic E-state index is 0.148. The molecule has 0 bridgehead atoms. The van der Waals surface area contributed by atoms with Crippen LogP contribution >= 0.6 is 0 Å². The van der Waals surface area contributed by atoms with Crippen molar-refractivity contribution in [2.75, 3.05) is 0 Å². The van der Waals surface area contributed by atoms with Gasteiger partial charge in [-0.25, -0.2) is 0 Å². The lowest BCUT2D eigenvalue weighted by molar-refractivity contribution is -0.138. The molecule has 0 amide bonds. The van der Waals surface area contributed by atoms with Crippen LogP contribution in [-0.4, -0.2) is 5.11 Å². The van der Waals surface area contributed by atoms with Gasteiger partial charge in [-0.1, -0.05) is 18.2 Å². The van der Waals surface area contributed by atoms with Gasteiger partial charge in [0.1, 0.15) is 0 Å². The molecule has 0 aliphatic rings. The summed E-state index contributed by atoms with van der Waals surface area (Å²) in [4.78, 5) is 0. The second kappa shape index (κ2) is 3.15. The number of hydrogen-bond donors (Lipinski definition) is 1. The van der Waals surface area contributed by atoms with Crippen molar-refractivity contribution in [1.82, 2.24) is 0 Å². The largest absolute Gasteiger partial charge is 0.417 e. The molecule has 0 aromatic heterocycles. The highest BCUT2D eigenvalue weighted by Gasteiger charge is 2.32. The molecular weight excluding hydrogens is 169 g/mol. The smallest absolute Gasteiger partial charge is 0.392 e. The standard InChI is InChI=1S/C8H6F3O/c9-8(10,11)7-4-2-1-3-6(7)5-12/h1-3,12H,5H2. The van der Waals surface area contributed by atoms with E-state index >= 15 is 0 Å². The Morgan fingerprint density at radius 1 is 1.42 bits per heavy atom. The first-order valence-corrected chi connectivity index (χ1v) is 3.23. The van der Waals surface area contributed by atoms with Crippen molar-refractivity contribution < 1.29 is 18.3 Å². The third-order valence-electron chi connectivity index (χ3n) is 1.40. The number of halogens is 3. The van der Waals surface area contributed by atoms with Crippen LogP contribution in [0.5, 0.6) is 0 Å². The van der Waals surface area contributed by atoms with Gasteiger partial charge in [-0.15, -0.1) is 0 Å². The van der Waals surface area contributed by atoms with Crippen LogP contribution < -0.4 is 0 Å². The van der Waals surface area contributed by atoms with Gasteiger partial charge in [-0.05, 0) is 11.6 Å². The van der Waals surface area contributed by atoms with Crippen molar-refractivity contribution in [2.24, 2.45) is 0 Å². The third kappa shape index (κ3) is 1.76. The third-order valence-corrected chi connectivity index (χ3v) is 1.40. The molecule has 1 N–H and O–H groups in total. The van der Waals surface area contributed by atoms with E-state index in [9.17, 15) is 13.2 Å². The second-order valence-electron chi connectivity index (χ2n) is 2.23. The highest BCUT2D eigenvalue weighted by molar-refractivity contribution is 5.27. The molecule has 1 aromatic carbocycles. The predicted molar refractivity (Wildman–Crippen MR) is 36.2 cm³/mol. The van der Waals surface area contributed by atoms with Crippen molar-refractivity contribution in [3.8, 4) is 0 Å². The minimum Gasteiger partial charge on any atom is -0.392 e. The van der Waals surface area contributed by atoms with Crippen molar-refractivity contribution in [3.63, 3.8) is 0 Å². The lowest BCUT2D eigenvalue weighted by Gasteiger charge is -2.09. The molecule has 0 aliphatic heterocycles. The maximum atomic E-state index is 12.1. The molecule has 0 unspecified atom stereocenters. The van der Waals surface area contributed by atoms with Gasteiger partial charge in [-0.3, -0.25) is 0 Å². The zero-order valence-electron chi connectivity index (χ0n) is 6.02. The fourth-order valence-electron chi connectivity index (χ4n) is 0.867. The van der Waals surface area contributed by atoms with Crippen LogP contribution in [0.3, 0.4) is 0 Å². The van der Waals surface area contributed by atoms with E-state index in [0.717, 1.165) is 0 Å². The number of alkyl halides is 3. The summed E-state index contributed by atoms with van der Waals surface area (Å²) in [5.41, 5.74) is -1.04. The predicted octanol–water partition coefficient (Wildman–Crippen LogP) is 2.00. The fraction of sp³-hybridized carbons (Fsp3) is 0.250. The molecule has 4 heteroatoms. The van der Waals surface area contributed by atoms with Gasteiger partial charge >= 0.3 is 6.18 Å². The quantitative estimate of drug-likeness (QED) is 0.692. The van der Waals surface area contributed by atoms with Crippen LogP contribution in [0.25, 0.3) is 0 Å². The zero-order valence-corrected chi connectivity index (χ0v) is 6.02. The summed E-state index contributed by atoms with van der Waals surface area (Å²) < 4.78 is 36.3. The van der Waals surface area contributed by atoms with Crippen LogP contribution in [0.15, 0.2) is 18.2 Å². The Morgan fingerprint density at radius 3 is 2.50 bits per heavy atom. The Labute approximate surface area is 67.5 Å². The van der Waals surface area contributed by atoms with Crippen molar-refractivity contribution in [3.05, 3.63) is 35.4 Å². The normalized spacial score (nSPS) is 11.7. The Morgan fingerprint density at radius 2 is 2.08 bits per heavy atom. The summed E-state index contributed by atoms with van der Waals surface area (Å²) in [7, 11) is 0. The highest BCUT2D eigenvalue weighted by Crippen LogP contribution is 2.31. The van der Waals surface area contributed by atoms with Gasteiger partial charge in [0.2, 0.25) is 0 Å². The maximum absolute atomic E-state index is 12.1. The van der Waals surface area contributed by atoms with Gasteiger partial charge in [0.05, 0.1) is 12.2 Å². The van der Waals surface area contributed by atoms with Crippen LogP contribution in [0.1, 0.15) is 11.1 Å². The van der Waals surface area contributed by atoms with E-state index in [2.05, 4.69) is 0 Å². The SMILES string of the molecule is OCc1ccc[c]c1C(F)(F)F. The number of aliphatic hydroxyl groups excluding tert-OH is 1. The minimum atomic E-state index is -4.43. The first kappa shape index (κ1) is 9.06. The Kier molecular flexibility index (Phi) is 2.38. The molecule has 0 saturated carbocycles. The van der Waals surface area contributed by atoms with E-state index in [1.165, 1.54) is 18.2 Å². The first-order valence-electron chi connectivity index (χ1n) is 3.23. The van der Waals surface area contributed by atoms with Gasteiger partial charge in [-0.2, -0.15) is 13.2 Å². The molecule has 12 heavy (non-hydrogen) atoms. The monoisotopic (exact) mass is 175 g/mol. The van der Waals surface area contributed by atoms with Crippen molar-refractivity contribution >= 4 is 0 Å². The molecule has 0 saturated heterocycles. The van der Waals surface area contributed by atoms with E-state index < -0.39 is 18.3 Å². The molecule has 65 valence electrons. The van der Waals surface area contributed by atoms with E-state index in [1.807, 2.05) is 6.07 Å². The second-order valence-corrected chi connectivity index (χ2v) is 2.23. The Bertz CT molecular complexity index is 267. The molecule has 1 rings (SSSR count). The number of rotatable bonds is 1. The molecular formula is C8H6F3O. The first-order chi connectivity index (χ1) is 5.55. The fourth-order valence-corrected chi connectivity index (χ4v) is 0.867. The number of hydrogen-bond acceptors (Lipinski definition) is 1. The number of benzene rings is 1. The van der Waals surface area contributed by atoms with Crippen LogP contribution in [0.2, 0.25) is 0 Å². The summed E-state index contributed by atoms with van der Waals surface area (Å²) in [6.45, 7) is -0.619. The molecule has 1 aromatic rings. The summed E-state index contributed by atoms with van der Waals surface area (Å²) in [6, 6.07) is 5.84. The summed E-state index contributed by atoms with van der Waals surface area (Å²) in [5, 5.41) is 8.56. The van der Waals surface area contributed by atoms with Gasteiger partial charge in [0, 0.05) is 0 Å². The topological polar surface area (TPSA) is 20.2 Å². The lowest BCUT2D eigenvalue weighted by atomic mass is 10.1. The summed E-state index contributed by atoms with van der Waals surface area (Å²) >= 11 is 0. The van der Waals surface area contributed by atoms with Crippen LogP contribution in [0.4, 0.5) is 13.2 Å². The Balaban J connectivity index is 3.14. The van der Waals surface area contributed by atoms with E-state index in [0.29, 0.717) is 0 Å². The van der Waals surface area contributed by atoms with Crippen molar-refractivity contribution in [2.45, 2.75) is 12.8 Å². The van der Waals surface area contributed by atoms with Crippen molar-refractivity contribution in [1.29, 1.82) is 0 Å². The molecule has 0 heterocycles. The average molecular weight is 175 g/mol. The van der Waals surface area contributed by atoms with E-state index in [4.69, 9.17) is 5.11 Å². The Hall–Kier alpha value is -1.03. The van der Waals surface area contributed by atoms with Crippen LogP contribution in [0, 0.1) is 6.07 Å². The summed E-state index contributed by atoms with van der Waals surface area (Å²) in [6.07, 6.45) is -4.43. The molecule has 0 fully saturated rings. The van der Waals surface area contributed by atoms with Crippen LogP contribution in [-0.2, 0) is 12.8 Å². The zero-order chi connectivity index (χ0) is 9.19. The van der Waals surface area contributed by atoms with E-state index in [-0.39, 0.29) is 5.56 Å². The average Bonchev–Trinajstić information content (AvgIpc) is 2.03. The summed E-state index contributed by atoms with van der Waals surface area (Å²) in [5.74, 6) is 0. The molecule has 1 radical (unpaired) electrons. The van der Waals surface area contributed by atoms with Gasteiger partial charge in [0.15, 0.2) is 0 Å². The number of aliphatic hydroxyl groups is 1. The maximum Gasteiger partial charge on any atom is 0.417 e. The molecule has 0 atom stereocenters. The molecule has 1 nitrogen and oxygen atoms in total. The molecule has 0 aliphatic carbocycles. The van der Waals surface area contributed by atoms with Gasteiger partial charge in [0.25, 0.3) is 0 Å².